The third-order valence-electron chi connectivity index (χ3n) is 5.41. The lowest BCUT2D eigenvalue weighted by molar-refractivity contribution is -0.123. The minimum atomic E-state index is -0.175. The maximum Gasteiger partial charge on any atom is 0.221 e. The molecule has 3 rings (SSSR count). The number of nitrogens with two attached hydrogens (primary N) is 2. The molecular weight excluding hydrogens is 453 g/mol. The molecule has 1 aromatic carbocycles. The van der Waals surface area contributed by atoms with Crippen LogP contribution in [0.3, 0.4) is 0 Å². The molecular formula is C20H32IN5O. The summed E-state index contributed by atoms with van der Waals surface area (Å²) in [6.07, 6.45) is 5.64. The summed E-state index contributed by atoms with van der Waals surface area (Å²) in [4.78, 5) is 20.5. The van der Waals surface area contributed by atoms with E-state index in [4.69, 9.17) is 11.5 Å². The van der Waals surface area contributed by atoms with E-state index in [-0.39, 0.29) is 35.8 Å². The molecule has 0 saturated carbocycles. The Balaban J connectivity index is 0.00000261. The van der Waals surface area contributed by atoms with Gasteiger partial charge in [0.05, 0.1) is 12.5 Å². The van der Waals surface area contributed by atoms with Crippen molar-refractivity contribution in [3.8, 4) is 0 Å². The molecule has 4 N–H and O–H groups in total. The minimum absolute atomic E-state index is 0. The molecule has 0 spiro atoms. The number of likely N-dealkylation sites (tertiary alicyclic amines) is 2. The lowest BCUT2D eigenvalue weighted by atomic mass is 9.97. The van der Waals surface area contributed by atoms with Gasteiger partial charge in [-0.1, -0.05) is 24.3 Å². The van der Waals surface area contributed by atoms with E-state index >= 15 is 0 Å². The quantitative estimate of drug-likeness (QED) is 0.381. The van der Waals surface area contributed by atoms with Crippen LogP contribution in [0.4, 0.5) is 0 Å². The Morgan fingerprint density at radius 2 is 1.81 bits per heavy atom. The Labute approximate surface area is 179 Å². The Bertz CT molecular complexity index is 645. The topological polar surface area (TPSA) is 88.0 Å². The molecule has 6 nitrogen and oxygen atoms in total. The number of nitrogens with zero attached hydrogens (tertiary/aromatic N) is 3. The number of aliphatic imine (C=N–C) groups is 1. The van der Waals surface area contributed by atoms with E-state index in [2.05, 4.69) is 39.1 Å². The van der Waals surface area contributed by atoms with E-state index in [0.717, 1.165) is 45.6 Å². The van der Waals surface area contributed by atoms with E-state index in [9.17, 15) is 4.79 Å². The van der Waals surface area contributed by atoms with Crippen LogP contribution in [0, 0.1) is 5.92 Å². The van der Waals surface area contributed by atoms with Crippen molar-refractivity contribution in [1.82, 2.24) is 9.80 Å². The molecule has 0 radical (unpaired) electrons. The van der Waals surface area contributed by atoms with Crippen LogP contribution in [0.25, 0.3) is 0 Å². The van der Waals surface area contributed by atoms with Crippen LogP contribution in [-0.4, -0.2) is 47.8 Å². The fourth-order valence-corrected chi connectivity index (χ4v) is 3.91. The highest BCUT2D eigenvalue weighted by molar-refractivity contribution is 14.0. The molecule has 1 aromatic rings. The zero-order chi connectivity index (χ0) is 18.4. The molecule has 0 bridgehead atoms. The van der Waals surface area contributed by atoms with Crippen molar-refractivity contribution < 1.29 is 4.79 Å². The molecule has 27 heavy (non-hydrogen) atoms. The number of benzene rings is 1. The van der Waals surface area contributed by atoms with Gasteiger partial charge < -0.3 is 16.4 Å². The summed E-state index contributed by atoms with van der Waals surface area (Å²) in [5.41, 5.74) is 14.1. The van der Waals surface area contributed by atoms with Crippen molar-refractivity contribution >= 4 is 35.8 Å². The molecule has 2 heterocycles. The van der Waals surface area contributed by atoms with Crippen molar-refractivity contribution in [1.29, 1.82) is 0 Å². The normalized spacial score (nSPS) is 21.6. The smallest absolute Gasteiger partial charge is 0.221 e. The number of carbonyl (C=O) groups is 1. The Hall–Kier alpha value is -1.35. The van der Waals surface area contributed by atoms with E-state index in [1.807, 2.05) is 0 Å². The first kappa shape index (κ1) is 21.9. The highest BCUT2D eigenvalue weighted by Gasteiger charge is 2.23. The van der Waals surface area contributed by atoms with Crippen LogP contribution >= 0.6 is 24.0 Å². The van der Waals surface area contributed by atoms with Crippen molar-refractivity contribution in [2.24, 2.45) is 22.4 Å². The molecule has 2 aliphatic heterocycles. The van der Waals surface area contributed by atoms with Gasteiger partial charge in [-0.2, -0.15) is 0 Å². The molecule has 2 aliphatic rings. The number of halogens is 1. The van der Waals surface area contributed by atoms with Crippen LogP contribution in [-0.2, 0) is 17.9 Å². The zero-order valence-electron chi connectivity index (χ0n) is 16.0. The molecule has 0 aliphatic carbocycles. The Morgan fingerprint density at radius 3 is 2.56 bits per heavy atom. The number of rotatable bonds is 5. The van der Waals surface area contributed by atoms with Crippen molar-refractivity contribution in [3.63, 3.8) is 0 Å². The van der Waals surface area contributed by atoms with Crippen LogP contribution < -0.4 is 11.5 Å². The fourth-order valence-electron chi connectivity index (χ4n) is 3.91. The summed E-state index contributed by atoms with van der Waals surface area (Å²) in [6.45, 7) is 5.29. The average Bonchev–Trinajstić information content (AvgIpc) is 2.67. The van der Waals surface area contributed by atoms with Crippen LogP contribution in [0.1, 0.15) is 43.2 Å². The summed E-state index contributed by atoms with van der Waals surface area (Å²) < 4.78 is 0. The van der Waals surface area contributed by atoms with Gasteiger partial charge in [-0.3, -0.25) is 9.69 Å². The fraction of sp³-hybridized carbons (Fsp3) is 0.600. The van der Waals surface area contributed by atoms with E-state index in [0.29, 0.717) is 12.5 Å². The second kappa shape index (κ2) is 10.8. The summed E-state index contributed by atoms with van der Waals surface area (Å²) >= 11 is 0. The SMILES string of the molecule is I.NC(=O)C1CCCN(Cc2cccc(CN=C(N)N3CCCCC3)c2)C1. The van der Waals surface area contributed by atoms with Gasteiger partial charge in [-0.15, -0.1) is 24.0 Å². The number of guanidine groups is 1. The van der Waals surface area contributed by atoms with Crippen molar-refractivity contribution in [2.45, 2.75) is 45.2 Å². The lowest BCUT2D eigenvalue weighted by Gasteiger charge is -2.31. The summed E-state index contributed by atoms with van der Waals surface area (Å²) in [5, 5.41) is 0. The largest absolute Gasteiger partial charge is 0.370 e. The summed E-state index contributed by atoms with van der Waals surface area (Å²) in [6, 6.07) is 8.50. The van der Waals surface area contributed by atoms with E-state index in [1.165, 1.54) is 30.4 Å². The van der Waals surface area contributed by atoms with E-state index in [1.54, 1.807) is 0 Å². The number of piperidine rings is 2. The van der Waals surface area contributed by atoms with Crippen molar-refractivity contribution in [2.75, 3.05) is 26.2 Å². The minimum Gasteiger partial charge on any atom is -0.370 e. The molecule has 1 atom stereocenters. The summed E-state index contributed by atoms with van der Waals surface area (Å²) in [5.74, 6) is 0.474. The monoisotopic (exact) mass is 485 g/mol. The lowest BCUT2D eigenvalue weighted by Crippen LogP contribution is -2.40. The number of amides is 1. The van der Waals surface area contributed by atoms with Gasteiger partial charge in [0.15, 0.2) is 5.96 Å². The van der Waals surface area contributed by atoms with Gasteiger partial charge >= 0.3 is 0 Å². The third kappa shape index (κ3) is 6.64. The molecule has 1 unspecified atom stereocenters. The zero-order valence-corrected chi connectivity index (χ0v) is 18.3. The Morgan fingerprint density at radius 1 is 1.07 bits per heavy atom. The maximum absolute atomic E-state index is 11.5. The second-order valence-electron chi connectivity index (χ2n) is 7.52. The number of primary amides is 1. The van der Waals surface area contributed by atoms with Crippen LogP contribution in [0.5, 0.6) is 0 Å². The number of carbonyl (C=O) groups excluding carboxylic acids is 1. The first-order valence-corrected chi connectivity index (χ1v) is 9.76. The summed E-state index contributed by atoms with van der Waals surface area (Å²) in [7, 11) is 0. The van der Waals surface area contributed by atoms with Gasteiger partial charge in [0, 0.05) is 26.2 Å². The predicted molar refractivity (Wildman–Crippen MR) is 120 cm³/mol. The van der Waals surface area contributed by atoms with Gasteiger partial charge in [0.25, 0.3) is 0 Å². The molecule has 0 aromatic heterocycles. The van der Waals surface area contributed by atoms with Gasteiger partial charge in [0.2, 0.25) is 5.91 Å². The second-order valence-corrected chi connectivity index (χ2v) is 7.52. The average molecular weight is 485 g/mol. The predicted octanol–water partition coefficient (Wildman–Crippen LogP) is 2.30. The maximum atomic E-state index is 11.5. The molecule has 150 valence electrons. The molecule has 2 saturated heterocycles. The van der Waals surface area contributed by atoms with Crippen LogP contribution in [0.2, 0.25) is 0 Å². The number of hydrogen-bond acceptors (Lipinski definition) is 3. The molecule has 1 amide bonds. The van der Waals surface area contributed by atoms with Gasteiger partial charge in [-0.25, -0.2) is 4.99 Å². The highest BCUT2D eigenvalue weighted by Crippen LogP contribution is 2.19. The van der Waals surface area contributed by atoms with Crippen LogP contribution in [0.15, 0.2) is 29.3 Å². The first-order valence-electron chi connectivity index (χ1n) is 9.76. The van der Waals surface area contributed by atoms with E-state index < -0.39 is 0 Å². The van der Waals surface area contributed by atoms with Gasteiger partial charge in [-0.05, 0) is 49.8 Å². The van der Waals surface area contributed by atoms with Gasteiger partial charge in [0.1, 0.15) is 0 Å². The first-order chi connectivity index (χ1) is 12.6. The standard InChI is InChI=1S/C20H31N5O.HI/c21-19(26)18-8-5-9-24(15-18)14-17-7-4-6-16(12-17)13-23-20(22)25-10-2-1-3-11-25;/h4,6-7,12,18H,1-3,5,8-11,13-15H2,(H2,21,26)(H2,22,23);1H. The Kier molecular flexibility index (Phi) is 8.82. The molecule has 7 heteroatoms. The number of hydrogen-bond donors (Lipinski definition) is 2. The molecule has 2 fully saturated rings. The third-order valence-corrected chi connectivity index (χ3v) is 5.41. The van der Waals surface area contributed by atoms with Crippen molar-refractivity contribution in [3.05, 3.63) is 35.4 Å². The highest BCUT2D eigenvalue weighted by atomic mass is 127.